The summed E-state index contributed by atoms with van der Waals surface area (Å²) in [7, 11) is -0.333. The Morgan fingerprint density at radius 2 is 1.60 bits per heavy atom. The average Bonchev–Trinajstić information content (AvgIpc) is 2.99. The first-order valence-corrected chi connectivity index (χ1v) is 12.0. The lowest BCUT2D eigenvalue weighted by atomic mass is 9.81. The minimum atomic E-state index is -3.74. The molecule has 0 unspecified atom stereocenters. The number of hydrogen-bond donors (Lipinski definition) is 0. The molecule has 0 N–H and O–H groups in total. The van der Waals surface area contributed by atoms with Crippen molar-refractivity contribution in [3.63, 3.8) is 0 Å². The van der Waals surface area contributed by atoms with E-state index in [1.165, 1.54) is 16.3 Å². The monoisotopic (exact) mass is 435 g/mol. The maximum Gasteiger partial charge on any atom is 0.246 e. The highest BCUT2D eigenvalue weighted by molar-refractivity contribution is 7.89. The van der Waals surface area contributed by atoms with Gasteiger partial charge in [0.2, 0.25) is 21.8 Å². The molecule has 3 aliphatic rings. The first kappa shape index (κ1) is 21.3. The van der Waals surface area contributed by atoms with Crippen LogP contribution in [0, 0.1) is 11.8 Å². The van der Waals surface area contributed by atoms with E-state index in [0.717, 1.165) is 25.7 Å². The Labute approximate surface area is 177 Å². The van der Waals surface area contributed by atoms with Gasteiger partial charge in [-0.3, -0.25) is 14.5 Å². The van der Waals surface area contributed by atoms with E-state index in [9.17, 15) is 18.0 Å². The lowest BCUT2D eigenvalue weighted by Crippen LogP contribution is -2.47. The fraction of sp³-hybridized carbons (Fsp3) is 0.619. The number of carbonyl (C=O) groups excluding carboxylic acids is 2. The molecule has 1 saturated carbocycles. The molecule has 1 aliphatic carbocycles. The molecule has 1 aromatic carbocycles. The number of fused-ring (bicyclic) bond motifs is 1. The van der Waals surface area contributed by atoms with Crippen molar-refractivity contribution in [1.29, 1.82) is 0 Å². The number of carbonyl (C=O) groups is 2. The van der Waals surface area contributed by atoms with E-state index in [0.29, 0.717) is 31.7 Å². The van der Waals surface area contributed by atoms with Gasteiger partial charge in [-0.15, -0.1) is 0 Å². The molecule has 2 saturated heterocycles. The summed E-state index contributed by atoms with van der Waals surface area (Å²) in [6, 6.07) is 4.88. The highest BCUT2D eigenvalue weighted by Gasteiger charge is 2.48. The summed E-state index contributed by atoms with van der Waals surface area (Å²) >= 11 is 0. The molecule has 0 bridgehead atoms. The topological polar surface area (TPSA) is 87.2 Å². The molecular formula is C21H29N3O5S. The van der Waals surface area contributed by atoms with E-state index >= 15 is 0 Å². The SMILES string of the molecule is COc1ccc(CN2C(=O)[C@H]3CCCC[C@H]3C2=O)cc1S(=O)(=O)N1CCN(C)CC1. The third-order valence-corrected chi connectivity index (χ3v) is 8.50. The van der Waals surface area contributed by atoms with Gasteiger partial charge in [-0.05, 0) is 37.6 Å². The van der Waals surface area contributed by atoms with E-state index in [-0.39, 0.29) is 40.8 Å². The first-order chi connectivity index (χ1) is 14.3. The van der Waals surface area contributed by atoms with Crippen molar-refractivity contribution in [2.45, 2.75) is 37.1 Å². The minimum absolute atomic E-state index is 0.0866. The second-order valence-electron chi connectivity index (χ2n) is 8.45. The summed E-state index contributed by atoms with van der Waals surface area (Å²) in [4.78, 5) is 29.1. The number of rotatable bonds is 5. The smallest absolute Gasteiger partial charge is 0.246 e. The van der Waals surface area contributed by atoms with Gasteiger partial charge in [-0.1, -0.05) is 18.9 Å². The number of piperazine rings is 1. The number of hydrogen-bond acceptors (Lipinski definition) is 6. The van der Waals surface area contributed by atoms with Gasteiger partial charge in [0.05, 0.1) is 25.5 Å². The Bertz CT molecular complexity index is 916. The zero-order chi connectivity index (χ0) is 21.5. The van der Waals surface area contributed by atoms with Crippen molar-refractivity contribution in [2.24, 2.45) is 11.8 Å². The summed E-state index contributed by atoms with van der Waals surface area (Å²) in [5.74, 6) is -0.394. The quantitative estimate of drug-likeness (QED) is 0.648. The van der Waals surface area contributed by atoms with Gasteiger partial charge < -0.3 is 9.64 Å². The van der Waals surface area contributed by atoms with Crippen LogP contribution in [0.5, 0.6) is 5.75 Å². The van der Waals surface area contributed by atoms with Crippen LogP contribution < -0.4 is 4.74 Å². The summed E-state index contributed by atoms with van der Waals surface area (Å²) in [6.07, 6.45) is 3.47. The third-order valence-electron chi connectivity index (χ3n) is 6.58. The second kappa shape index (κ2) is 8.28. The molecular weight excluding hydrogens is 406 g/mol. The van der Waals surface area contributed by atoms with Crippen LogP contribution in [-0.4, -0.2) is 74.7 Å². The number of benzene rings is 1. The van der Waals surface area contributed by atoms with Gasteiger partial charge in [0.15, 0.2) is 0 Å². The van der Waals surface area contributed by atoms with Gasteiger partial charge in [-0.25, -0.2) is 8.42 Å². The fourth-order valence-electron chi connectivity index (χ4n) is 4.76. The van der Waals surface area contributed by atoms with Gasteiger partial charge in [0.1, 0.15) is 10.6 Å². The van der Waals surface area contributed by atoms with Gasteiger partial charge in [-0.2, -0.15) is 4.31 Å². The van der Waals surface area contributed by atoms with E-state index in [4.69, 9.17) is 4.74 Å². The Hall–Kier alpha value is -1.97. The number of likely N-dealkylation sites (tertiary alicyclic amines) is 1. The van der Waals surface area contributed by atoms with Crippen LogP contribution in [0.3, 0.4) is 0 Å². The predicted molar refractivity (Wildman–Crippen MR) is 110 cm³/mol. The number of amides is 2. The predicted octanol–water partition coefficient (Wildman–Crippen LogP) is 1.31. The van der Waals surface area contributed by atoms with E-state index in [1.807, 2.05) is 7.05 Å². The lowest BCUT2D eigenvalue weighted by molar-refractivity contribution is -0.140. The molecule has 4 rings (SSSR count). The number of imide groups is 1. The lowest BCUT2D eigenvalue weighted by Gasteiger charge is -2.32. The van der Waals surface area contributed by atoms with Crippen molar-refractivity contribution >= 4 is 21.8 Å². The molecule has 0 radical (unpaired) electrons. The van der Waals surface area contributed by atoms with Crippen LogP contribution in [0.4, 0.5) is 0 Å². The summed E-state index contributed by atoms with van der Waals surface area (Å²) in [5.41, 5.74) is 0.615. The highest BCUT2D eigenvalue weighted by atomic mass is 32.2. The zero-order valence-corrected chi connectivity index (χ0v) is 18.4. The molecule has 164 valence electrons. The summed E-state index contributed by atoms with van der Waals surface area (Å²) in [6.45, 7) is 2.26. The van der Waals surface area contributed by atoms with E-state index < -0.39 is 10.0 Å². The van der Waals surface area contributed by atoms with Gasteiger partial charge in [0.25, 0.3) is 0 Å². The number of nitrogens with zero attached hydrogens (tertiary/aromatic N) is 3. The molecule has 1 aromatic rings. The summed E-state index contributed by atoms with van der Waals surface area (Å²) < 4.78 is 33.3. The third kappa shape index (κ3) is 3.74. The second-order valence-corrected chi connectivity index (χ2v) is 10.4. The van der Waals surface area contributed by atoms with Crippen LogP contribution >= 0.6 is 0 Å². The minimum Gasteiger partial charge on any atom is -0.495 e. The number of ether oxygens (including phenoxy) is 1. The largest absolute Gasteiger partial charge is 0.495 e. The zero-order valence-electron chi connectivity index (χ0n) is 17.5. The van der Waals surface area contributed by atoms with Crippen LogP contribution in [0.15, 0.2) is 23.1 Å². The first-order valence-electron chi connectivity index (χ1n) is 10.5. The van der Waals surface area contributed by atoms with Crippen molar-refractivity contribution in [3.8, 4) is 5.75 Å². The number of sulfonamides is 1. The normalized spacial score (nSPS) is 26.1. The molecule has 0 spiro atoms. The average molecular weight is 436 g/mol. The van der Waals surface area contributed by atoms with Gasteiger partial charge in [0, 0.05) is 26.2 Å². The molecule has 3 fully saturated rings. The standard InChI is InChI=1S/C21H29N3O5S/c1-22-9-11-23(12-10-22)30(27,28)19-13-15(7-8-18(19)29-2)14-24-20(25)16-5-3-4-6-17(16)21(24)26/h7-8,13,16-17H,3-6,9-12,14H2,1-2H3/t16-,17+. The van der Waals surface area contributed by atoms with Crippen LogP contribution in [-0.2, 0) is 26.2 Å². The molecule has 8 nitrogen and oxygen atoms in total. The summed E-state index contributed by atoms with van der Waals surface area (Å²) in [5, 5.41) is 0. The maximum atomic E-state index is 13.3. The Balaban J connectivity index is 1.60. The van der Waals surface area contributed by atoms with Crippen molar-refractivity contribution in [3.05, 3.63) is 23.8 Å². The van der Waals surface area contributed by atoms with Crippen LogP contribution in [0.1, 0.15) is 31.2 Å². The molecule has 2 atom stereocenters. The maximum absolute atomic E-state index is 13.3. The highest BCUT2D eigenvalue weighted by Crippen LogP contribution is 2.39. The van der Waals surface area contributed by atoms with E-state index in [1.54, 1.807) is 18.2 Å². The fourth-order valence-corrected chi connectivity index (χ4v) is 6.39. The van der Waals surface area contributed by atoms with Crippen molar-refractivity contribution < 1.29 is 22.7 Å². The Morgan fingerprint density at radius 1 is 1.00 bits per heavy atom. The Kier molecular flexibility index (Phi) is 5.87. The number of likely N-dealkylation sites (N-methyl/N-ethyl adjacent to an activating group) is 1. The van der Waals surface area contributed by atoms with Crippen molar-refractivity contribution in [1.82, 2.24) is 14.1 Å². The number of methoxy groups -OCH3 is 1. The van der Waals surface area contributed by atoms with Gasteiger partial charge >= 0.3 is 0 Å². The van der Waals surface area contributed by atoms with E-state index in [2.05, 4.69) is 4.90 Å². The van der Waals surface area contributed by atoms with Crippen molar-refractivity contribution in [2.75, 3.05) is 40.3 Å². The molecule has 2 amide bonds. The molecule has 2 aliphatic heterocycles. The molecule has 30 heavy (non-hydrogen) atoms. The molecule has 2 heterocycles. The Morgan fingerprint density at radius 3 is 2.17 bits per heavy atom. The molecule has 0 aromatic heterocycles. The van der Waals surface area contributed by atoms with Crippen LogP contribution in [0.25, 0.3) is 0 Å². The molecule has 9 heteroatoms. The van der Waals surface area contributed by atoms with Crippen LogP contribution in [0.2, 0.25) is 0 Å².